The molecular formula is C60H65N5O10. The van der Waals surface area contributed by atoms with Gasteiger partial charge in [-0.3, -0.25) is 24.5 Å². The van der Waals surface area contributed by atoms with E-state index in [2.05, 4.69) is 30.6 Å². The topological polar surface area (TPSA) is 148 Å². The molecule has 0 aromatic rings. The van der Waals surface area contributed by atoms with Gasteiger partial charge in [0.05, 0.1) is 30.2 Å². The van der Waals surface area contributed by atoms with E-state index in [1.165, 1.54) is 16.7 Å². The third kappa shape index (κ3) is 4.58. The van der Waals surface area contributed by atoms with Gasteiger partial charge in [0, 0.05) is 120 Å². The van der Waals surface area contributed by atoms with Gasteiger partial charge >= 0.3 is 29.8 Å². The van der Waals surface area contributed by atoms with Gasteiger partial charge in [0.2, 0.25) is 0 Å². The molecule has 15 heteroatoms. The lowest BCUT2D eigenvalue weighted by atomic mass is 9.61. The zero-order valence-electron chi connectivity index (χ0n) is 42.6. The molecule has 14 fully saturated rings. The lowest BCUT2D eigenvalue weighted by Gasteiger charge is -2.43. The molecule has 4 saturated carbocycles. The Labute approximate surface area is 435 Å². The summed E-state index contributed by atoms with van der Waals surface area (Å²) >= 11 is 0. The summed E-state index contributed by atoms with van der Waals surface area (Å²) in [6.07, 6.45) is 22.6. The molecule has 15 nitrogen and oxygen atoms in total. The second-order valence-corrected chi connectivity index (χ2v) is 27.6. The lowest BCUT2D eigenvalue weighted by molar-refractivity contribution is -0.151. The summed E-state index contributed by atoms with van der Waals surface area (Å²) in [5.41, 5.74) is 6.22. The van der Waals surface area contributed by atoms with Crippen LogP contribution in [0.4, 0.5) is 0 Å². The largest absolute Gasteiger partial charge is 0.450 e. The standard InChI is InChI=1S/C60H65N5O10/c66-47-18-28-16-33(39-24-56(28,71-47)42-6-2-13-63(39)42)49-37-22-35(41-27-59(37,73-53(49)68)45-9-5-15-65(41)45)50-36-21-31(38-26-58(36,74-54(50)69)44-8-4-12-62(38)44)32-20-30-23-60(46-10-1-11-61(30)46)52(32)51(55(70)75-60)34-17-29-19-48(67)72-57(29)25-40(34)64-14-3-7-43(57)64/h18-20,30-31,33-35,38-46H,1-17,21-27H2/t30-,31-,33+,34+,35+,38+,39+,40+,41+,42-,43-,44-,45-,46-,56+,57+,58+,59+,60-/m1/s1. The van der Waals surface area contributed by atoms with Crippen LogP contribution in [0.15, 0.2) is 68.4 Å². The highest BCUT2D eigenvalue weighted by atomic mass is 16.6. The van der Waals surface area contributed by atoms with E-state index in [-0.39, 0.29) is 114 Å². The maximum Gasteiger partial charge on any atom is 0.335 e. The van der Waals surface area contributed by atoms with Crippen molar-refractivity contribution < 1.29 is 47.7 Å². The summed E-state index contributed by atoms with van der Waals surface area (Å²) in [6, 6.07) is 1.14. The highest BCUT2D eigenvalue weighted by molar-refractivity contribution is 5.99. The maximum absolute atomic E-state index is 15.6. The van der Waals surface area contributed by atoms with E-state index in [1.54, 1.807) is 12.2 Å². The van der Waals surface area contributed by atoms with E-state index in [4.69, 9.17) is 23.7 Å². The average molecular weight is 1020 g/mol. The number of hydrogen-bond donors (Lipinski definition) is 0. The Morgan fingerprint density at radius 3 is 1.31 bits per heavy atom. The van der Waals surface area contributed by atoms with Crippen molar-refractivity contribution in [2.24, 2.45) is 23.7 Å². The molecule has 19 atom stereocenters. The summed E-state index contributed by atoms with van der Waals surface area (Å²) in [5, 5.41) is 0. The summed E-state index contributed by atoms with van der Waals surface area (Å²) in [4.78, 5) is 85.5. The molecule has 15 aliphatic heterocycles. The summed E-state index contributed by atoms with van der Waals surface area (Å²) in [5.74, 6) is -1.30. The van der Waals surface area contributed by atoms with Gasteiger partial charge in [-0.15, -0.1) is 0 Å². The number of esters is 5. The molecule has 0 N–H and O–H groups in total. The van der Waals surface area contributed by atoms with E-state index in [1.807, 2.05) is 0 Å². The minimum Gasteiger partial charge on any atom is -0.450 e. The number of fused-ring (bicyclic) bond motifs is 15. The smallest absolute Gasteiger partial charge is 0.335 e. The molecule has 0 amide bonds. The van der Waals surface area contributed by atoms with Gasteiger partial charge in [-0.2, -0.15) is 0 Å². The SMILES string of the molecule is O=C1C=C2C[C@H](C3=C4C([C@H]5CC6=C([C@H]7CC8=C([C@H]9CC%10=CC(=O)O[C@@]%10%11C[C@@H]9N9CCC[C@@H]9%11)C(=O)O[C@@]89C[C@@H]7N7CCC[C@@H]79)C(=O)O[C@@]67C[C@@H]5N5CCC[C@@H]57)=C[C@@H]5C[C@@]4(OC3=O)[C@H]3CCCN53)[C@@H]3C[C@@]2(O1)[C@H]1CCCN31. The second kappa shape index (κ2) is 13.4. The monoisotopic (exact) mass is 1020 g/mol. The van der Waals surface area contributed by atoms with Gasteiger partial charge in [0.15, 0.2) is 28.0 Å². The molecule has 10 bridgehead atoms. The Hall–Kier alpha value is -4.41. The quantitative estimate of drug-likeness (QED) is 0.289. The zero-order valence-corrected chi connectivity index (χ0v) is 42.6. The van der Waals surface area contributed by atoms with Gasteiger partial charge in [0.1, 0.15) is 0 Å². The fraction of sp³-hybridized carbons (Fsp3) is 0.717. The molecular weight excluding hydrogens is 951 g/mol. The number of rotatable bonds is 4. The number of nitrogens with zero attached hydrogens (tertiary/aromatic N) is 5. The predicted molar refractivity (Wildman–Crippen MR) is 263 cm³/mol. The first-order chi connectivity index (χ1) is 36.5. The van der Waals surface area contributed by atoms with Crippen LogP contribution in [0.2, 0.25) is 0 Å². The molecule has 5 spiro atoms. The van der Waals surface area contributed by atoms with Crippen LogP contribution in [0, 0.1) is 23.7 Å². The van der Waals surface area contributed by atoms with Crippen LogP contribution in [0.1, 0.15) is 122 Å². The Morgan fingerprint density at radius 2 is 0.787 bits per heavy atom. The van der Waals surface area contributed by atoms with E-state index < -0.39 is 28.0 Å². The Morgan fingerprint density at radius 1 is 0.400 bits per heavy atom. The highest BCUT2D eigenvalue weighted by Crippen LogP contribution is 2.69. The molecule has 0 aromatic heterocycles. The van der Waals surface area contributed by atoms with E-state index in [9.17, 15) is 9.59 Å². The molecule has 0 aromatic carbocycles. The van der Waals surface area contributed by atoms with Crippen molar-refractivity contribution in [1.82, 2.24) is 24.5 Å². The van der Waals surface area contributed by atoms with Crippen LogP contribution < -0.4 is 0 Å². The van der Waals surface area contributed by atoms with Crippen LogP contribution in [0.3, 0.4) is 0 Å². The Balaban J connectivity index is 0.750. The first-order valence-electron chi connectivity index (χ1n) is 29.8. The average Bonchev–Trinajstić information content (AvgIpc) is 4.42. The van der Waals surface area contributed by atoms with Crippen molar-refractivity contribution in [3.63, 3.8) is 0 Å². The minimum absolute atomic E-state index is 0.0312. The van der Waals surface area contributed by atoms with Crippen LogP contribution >= 0.6 is 0 Å². The fourth-order valence-electron chi connectivity index (χ4n) is 23.8. The normalized spacial score (nSPS) is 52.8. The van der Waals surface area contributed by atoms with Crippen molar-refractivity contribution in [3.8, 4) is 0 Å². The van der Waals surface area contributed by atoms with E-state index in [0.717, 1.165) is 156 Å². The van der Waals surface area contributed by atoms with Crippen molar-refractivity contribution in [1.29, 1.82) is 0 Å². The van der Waals surface area contributed by atoms with E-state index >= 15 is 14.4 Å². The summed E-state index contributed by atoms with van der Waals surface area (Å²) < 4.78 is 33.8. The first-order valence-corrected chi connectivity index (χ1v) is 29.8. The molecule has 0 radical (unpaired) electrons. The minimum atomic E-state index is -0.720. The van der Waals surface area contributed by atoms with Crippen molar-refractivity contribution in [2.45, 2.75) is 210 Å². The number of carbonyl (C=O) groups is 5. The van der Waals surface area contributed by atoms with Crippen LogP contribution in [-0.4, -0.2) is 175 Å². The highest BCUT2D eigenvalue weighted by Gasteiger charge is 2.75. The van der Waals surface area contributed by atoms with Gasteiger partial charge in [-0.1, -0.05) is 6.08 Å². The molecule has 5 aliphatic carbocycles. The molecule has 0 unspecified atom stereocenters. The van der Waals surface area contributed by atoms with Gasteiger partial charge in [0.25, 0.3) is 0 Å². The number of carbonyl (C=O) groups excluding carboxylic acids is 5. The number of ether oxygens (including phenoxy) is 5. The molecule has 15 heterocycles. The van der Waals surface area contributed by atoms with Crippen molar-refractivity contribution in [3.05, 3.63) is 68.4 Å². The maximum atomic E-state index is 15.6. The third-order valence-corrected chi connectivity index (χ3v) is 25.7. The molecule has 10 saturated heterocycles. The lowest BCUT2D eigenvalue weighted by Crippen LogP contribution is -2.47. The van der Waals surface area contributed by atoms with Crippen molar-refractivity contribution in [2.75, 3.05) is 32.7 Å². The van der Waals surface area contributed by atoms with Gasteiger partial charge in [-0.25, -0.2) is 24.0 Å². The van der Waals surface area contributed by atoms with Crippen LogP contribution in [0.25, 0.3) is 0 Å². The zero-order chi connectivity index (χ0) is 49.2. The van der Waals surface area contributed by atoms with E-state index in [0.29, 0.717) is 32.1 Å². The predicted octanol–water partition coefficient (Wildman–Crippen LogP) is 4.41. The Kier molecular flexibility index (Phi) is 7.58. The van der Waals surface area contributed by atoms with Crippen molar-refractivity contribution >= 4 is 29.8 Å². The molecule has 75 heavy (non-hydrogen) atoms. The van der Waals surface area contributed by atoms with Crippen LogP contribution in [-0.2, 0) is 47.7 Å². The Bertz CT molecular complexity index is 3120. The van der Waals surface area contributed by atoms with Crippen LogP contribution in [0.5, 0.6) is 0 Å². The summed E-state index contributed by atoms with van der Waals surface area (Å²) in [7, 11) is 0. The molecule has 20 rings (SSSR count). The fourth-order valence-corrected chi connectivity index (χ4v) is 23.8. The van der Waals surface area contributed by atoms with Gasteiger partial charge < -0.3 is 23.7 Å². The molecule has 390 valence electrons. The first kappa shape index (κ1) is 42.6. The second-order valence-electron chi connectivity index (χ2n) is 27.6. The number of hydrogen-bond acceptors (Lipinski definition) is 15. The van der Waals surface area contributed by atoms with Gasteiger partial charge in [-0.05, 0) is 150 Å². The summed E-state index contributed by atoms with van der Waals surface area (Å²) in [6.45, 7) is 4.78. The molecule has 20 aliphatic rings. The third-order valence-electron chi connectivity index (χ3n) is 25.7.